The Kier molecular flexibility index (Phi) is 5.05. The van der Waals surface area contributed by atoms with Crippen LogP contribution in [-0.4, -0.2) is 19.2 Å². The molecule has 0 unspecified atom stereocenters. The van der Waals surface area contributed by atoms with Gasteiger partial charge in [0.25, 0.3) is 0 Å². The van der Waals surface area contributed by atoms with Crippen molar-refractivity contribution in [3.63, 3.8) is 0 Å². The molecule has 28 heavy (non-hydrogen) atoms. The lowest BCUT2D eigenvalue weighted by molar-refractivity contribution is 0.0968. The fraction of sp³-hybridized carbons (Fsp3) is 0.100. The summed E-state index contributed by atoms with van der Waals surface area (Å²) in [5.74, 6) is -0.0757. The van der Waals surface area contributed by atoms with Crippen molar-refractivity contribution >= 4 is 49.5 Å². The predicted molar refractivity (Wildman–Crippen MR) is 109 cm³/mol. The Balaban J connectivity index is 1.49. The van der Waals surface area contributed by atoms with Gasteiger partial charge in [-0.05, 0) is 42.0 Å². The minimum atomic E-state index is -3.47. The maximum atomic E-state index is 12.5. The second-order valence-electron chi connectivity index (χ2n) is 6.22. The van der Waals surface area contributed by atoms with Crippen LogP contribution in [0.25, 0.3) is 11.0 Å². The molecule has 0 fully saturated rings. The molecule has 5 nitrogen and oxygen atoms in total. The molecule has 0 bridgehead atoms. The van der Waals surface area contributed by atoms with Gasteiger partial charge in [-0.25, -0.2) is 13.4 Å². The van der Waals surface area contributed by atoms with Crippen molar-refractivity contribution in [2.24, 2.45) is 0 Å². The van der Waals surface area contributed by atoms with Gasteiger partial charge in [-0.15, -0.1) is 11.3 Å². The number of furan rings is 1. The van der Waals surface area contributed by atoms with Crippen LogP contribution in [0.15, 0.2) is 69.4 Å². The molecule has 0 amide bonds. The third kappa shape index (κ3) is 4.01. The predicted octanol–water partition coefficient (Wildman–Crippen LogP) is 4.94. The molecular weight excluding hydrogens is 418 g/mol. The normalized spacial score (nSPS) is 11.8. The highest BCUT2D eigenvalue weighted by Gasteiger charge is 2.18. The van der Waals surface area contributed by atoms with Crippen LogP contribution in [0.3, 0.4) is 0 Å². The molecule has 0 atom stereocenters. The Morgan fingerprint density at radius 3 is 2.61 bits per heavy atom. The van der Waals surface area contributed by atoms with E-state index in [1.54, 1.807) is 48.0 Å². The largest absolute Gasteiger partial charge is 0.453 e. The molecule has 0 saturated carbocycles. The zero-order chi connectivity index (χ0) is 19.7. The van der Waals surface area contributed by atoms with Gasteiger partial charge in [0, 0.05) is 28.4 Å². The fourth-order valence-corrected chi connectivity index (χ4v) is 5.24. The number of carbonyl (C=O) groups excluding carboxylic acids is 1. The number of carbonyl (C=O) groups is 1. The summed E-state index contributed by atoms with van der Waals surface area (Å²) in [6.07, 6.45) is 1.69. The molecule has 0 spiro atoms. The first-order chi connectivity index (χ1) is 13.4. The van der Waals surface area contributed by atoms with E-state index in [4.69, 9.17) is 16.0 Å². The first-order valence-corrected chi connectivity index (χ1v) is 11.2. The van der Waals surface area contributed by atoms with Crippen LogP contribution in [0.1, 0.15) is 21.1 Å². The van der Waals surface area contributed by atoms with E-state index >= 15 is 0 Å². The summed E-state index contributed by atoms with van der Waals surface area (Å²) >= 11 is 7.26. The molecule has 0 N–H and O–H groups in total. The first-order valence-electron chi connectivity index (χ1n) is 8.33. The van der Waals surface area contributed by atoms with Crippen LogP contribution < -0.4 is 0 Å². The molecule has 0 aliphatic carbocycles. The van der Waals surface area contributed by atoms with Crippen molar-refractivity contribution in [1.29, 1.82) is 0 Å². The van der Waals surface area contributed by atoms with Crippen molar-refractivity contribution in [3.8, 4) is 0 Å². The molecule has 2 aromatic carbocycles. The van der Waals surface area contributed by atoms with Crippen LogP contribution in [-0.2, 0) is 22.0 Å². The Labute approximate surface area is 170 Å². The number of hydrogen-bond donors (Lipinski definition) is 0. The lowest BCUT2D eigenvalue weighted by Gasteiger charge is -2.04. The van der Waals surface area contributed by atoms with E-state index in [-0.39, 0.29) is 28.6 Å². The van der Waals surface area contributed by atoms with Gasteiger partial charge in [0.2, 0.25) is 5.78 Å². The molecule has 0 radical (unpaired) electrons. The van der Waals surface area contributed by atoms with E-state index in [2.05, 4.69) is 4.98 Å². The molecule has 0 aliphatic rings. The molecule has 142 valence electrons. The monoisotopic (exact) mass is 431 g/mol. The van der Waals surface area contributed by atoms with Gasteiger partial charge >= 0.3 is 0 Å². The number of rotatable bonds is 6. The molecule has 4 aromatic rings. The smallest absolute Gasteiger partial charge is 0.202 e. The zero-order valence-corrected chi connectivity index (χ0v) is 16.9. The number of fused-ring (bicyclic) bond motifs is 1. The average Bonchev–Trinajstić information content (AvgIpc) is 3.31. The second-order valence-corrected chi connectivity index (χ2v) is 9.63. The maximum absolute atomic E-state index is 12.5. The molecule has 2 aromatic heterocycles. The van der Waals surface area contributed by atoms with Gasteiger partial charge in [-0.3, -0.25) is 4.79 Å². The van der Waals surface area contributed by atoms with Crippen LogP contribution >= 0.6 is 22.9 Å². The highest BCUT2D eigenvalue weighted by atomic mass is 35.5. The minimum Gasteiger partial charge on any atom is -0.453 e. The number of thiazole rings is 1. The Morgan fingerprint density at radius 1 is 1.11 bits per heavy atom. The summed E-state index contributed by atoms with van der Waals surface area (Å²) in [7, 11) is -3.47. The van der Waals surface area contributed by atoms with Gasteiger partial charge in [0.15, 0.2) is 15.6 Å². The summed E-state index contributed by atoms with van der Waals surface area (Å²) in [5.41, 5.74) is 1.30. The number of nitrogens with zero attached hydrogens (tertiary/aromatic N) is 1. The van der Waals surface area contributed by atoms with Gasteiger partial charge in [0.05, 0.1) is 4.90 Å². The van der Waals surface area contributed by atoms with E-state index in [1.807, 2.05) is 0 Å². The third-order valence-corrected chi connectivity index (χ3v) is 7.04. The molecule has 0 saturated heterocycles. The maximum Gasteiger partial charge on any atom is 0.202 e. The minimum absolute atomic E-state index is 0.111. The topological polar surface area (TPSA) is 77.2 Å². The van der Waals surface area contributed by atoms with Crippen LogP contribution in [0.2, 0.25) is 5.02 Å². The van der Waals surface area contributed by atoms with Crippen LogP contribution in [0.4, 0.5) is 0 Å². The Bertz CT molecular complexity index is 1240. The quantitative estimate of drug-likeness (QED) is 0.404. The van der Waals surface area contributed by atoms with Gasteiger partial charge in [-0.2, -0.15) is 0 Å². The highest BCUT2D eigenvalue weighted by Crippen LogP contribution is 2.24. The third-order valence-electron chi connectivity index (χ3n) is 4.20. The summed E-state index contributed by atoms with van der Waals surface area (Å²) in [6, 6.07) is 13.1. The van der Waals surface area contributed by atoms with E-state index < -0.39 is 9.84 Å². The molecule has 8 heteroatoms. The van der Waals surface area contributed by atoms with Crippen LogP contribution in [0.5, 0.6) is 0 Å². The lowest BCUT2D eigenvalue weighted by Crippen LogP contribution is -2.06. The highest BCUT2D eigenvalue weighted by molar-refractivity contribution is 7.90. The summed E-state index contributed by atoms with van der Waals surface area (Å²) in [6.45, 7) is 0. The van der Waals surface area contributed by atoms with Crippen molar-refractivity contribution in [1.82, 2.24) is 4.98 Å². The summed E-state index contributed by atoms with van der Waals surface area (Å²) in [5, 5.41) is 3.62. The van der Waals surface area contributed by atoms with E-state index in [1.165, 1.54) is 23.5 Å². The summed E-state index contributed by atoms with van der Waals surface area (Å²) < 4.78 is 30.5. The summed E-state index contributed by atoms with van der Waals surface area (Å²) in [4.78, 5) is 16.7. The van der Waals surface area contributed by atoms with E-state index in [0.29, 0.717) is 21.2 Å². The molecule has 0 aliphatic heterocycles. The number of Topliss-reactive ketones (excluding diaryl/α,β-unsaturated/α-hetero) is 1. The molecule has 2 heterocycles. The van der Waals surface area contributed by atoms with Gasteiger partial charge in [0.1, 0.15) is 16.3 Å². The lowest BCUT2D eigenvalue weighted by atomic mass is 10.1. The molecule has 4 rings (SSSR count). The number of halogens is 1. The van der Waals surface area contributed by atoms with Crippen molar-refractivity contribution < 1.29 is 17.6 Å². The van der Waals surface area contributed by atoms with Gasteiger partial charge in [-0.1, -0.05) is 23.7 Å². The van der Waals surface area contributed by atoms with E-state index in [9.17, 15) is 13.2 Å². The van der Waals surface area contributed by atoms with Crippen molar-refractivity contribution in [3.05, 3.63) is 81.5 Å². The Hall–Kier alpha value is -2.48. The molecular formula is C20H14ClNO4S2. The number of aromatic nitrogens is 1. The average molecular weight is 432 g/mol. The van der Waals surface area contributed by atoms with E-state index in [0.717, 1.165) is 5.39 Å². The van der Waals surface area contributed by atoms with Crippen LogP contribution in [0, 0.1) is 0 Å². The number of ketones is 1. The fourth-order valence-electron chi connectivity index (χ4n) is 2.81. The Morgan fingerprint density at radius 2 is 1.89 bits per heavy atom. The number of hydrogen-bond acceptors (Lipinski definition) is 6. The van der Waals surface area contributed by atoms with Crippen molar-refractivity contribution in [2.75, 3.05) is 0 Å². The number of benzene rings is 2. The standard InChI is InChI=1S/C20H14ClNO4S2/c21-15-3-6-18-14(10-15)11-19(26-18)17(23)9-13-1-4-16(5-2-13)28(24,25)12-20-22-7-8-27-20/h1-8,10-11H,9,12H2. The zero-order valence-electron chi connectivity index (χ0n) is 14.5. The number of sulfone groups is 1. The van der Waals surface area contributed by atoms with Crippen molar-refractivity contribution in [2.45, 2.75) is 17.1 Å². The first kappa shape index (κ1) is 18.9. The van der Waals surface area contributed by atoms with Gasteiger partial charge < -0.3 is 4.42 Å². The SMILES string of the molecule is O=C(Cc1ccc(S(=O)(=O)Cc2nccs2)cc1)c1cc2cc(Cl)ccc2o1. The second kappa shape index (κ2) is 7.50.